The van der Waals surface area contributed by atoms with Crippen molar-refractivity contribution in [2.24, 2.45) is 0 Å². The molecule has 2 N–H and O–H groups in total. The first kappa shape index (κ1) is 16.6. The van der Waals surface area contributed by atoms with Crippen LogP contribution in [0.5, 0.6) is 0 Å². The van der Waals surface area contributed by atoms with Crippen LogP contribution in [0.25, 0.3) is 10.9 Å². The molecule has 1 heterocycles. The maximum atomic E-state index is 11.6. The largest absolute Gasteiger partial charge is 0.478 e. The third-order valence-corrected chi connectivity index (χ3v) is 4.50. The Kier molecular flexibility index (Phi) is 4.35. The molecule has 122 valence electrons. The van der Waals surface area contributed by atoms with Gasteiger partial charge in [0.1, 0.15) is 5.56 Å². The first-order valence-electron chi connectivity index (χ1n) is 7.22. The number of aromatic nitrogens is 1. The van der Waals surface area contributed by atoms with E-state index in [9.17, 15) is 9.90 Å². The second-order valence-electron chi connectivity index (χ2n) is 5.51. The van der Waals surface area contributed by atoms with Crippen LogP contribution >= 0.6 is 23.2 Å². The number of halogens is 2. The number of benzene rings is 2. The molecule has 4 nitrogen and oxygen atoms in total. The molecule has 6 heteroatoms. The highest BCUT2D eigenvalue weighted by molar-refractivity contribution is 6.39. The van der Waals surface area contributed by atoms with Crippen molar-refractivity contribution in [2.45, 2.75) is 13.8 Å². The van der Waals surface area contributed by atoms with Crippen LogP contribution in [0.3, 0.4) is 0 Å². The van der Waals surface area contributed by atoms with Crippen molar-refractivity contribution < 1.29 is 9.90 Å². The van der Waals surface area contributed by atoms with Crippen LogP contribution in [0, 0.1) is 13.8 Å². The Morgan fingerprint density at radius 2 is 1.96 bits per heavy atom. The van der Waals surface area contributed by atoms with Gasteiger partial charge < -0.3 is 10.4 Å². The number of hydrogen-bond donors (Lipinski definition) is 2. The predicted molar refractivity (Wildman–Crippen MR) is 97.9 cm³/mol. The van der Waals surface area contributed by atoms with E-state index < -0.39 is 5.97 Å². The third-order valence-electron chi connectivity index (χ3n) is 3.98. The number of rotatable bonds is 3. The lowest BCUT2D eigenvalue weighted by Crippen LogP contribution is -2.06. The van der Waals surface area contributed by atoms with Crippen molar-refractivity contribution in [3.63, 3.8) is 0 Å². The van der Waals surface area contributed by atoms with E-state index in [-0.39, 0.29) is 5.56 Å². The molecule has 0 aliphatic rings. The summed E-state index contributed by atoms with van der Waals surface area (Å²) in [5.41, 5.74) is 3.94. The number of carbonyl (C=O) groups is 1. The van der Waals surface area contributed by atoms with Crippen LogP contribution in [-0.2, 0) is 0 Å². The van der Waals surface area contributed by atoms with Gasteiger partial charge in [0.15, 0.2) is 0 Å². The molecule has 0 bridgehead atoms. The van der Waals surface area contributed by atoms with Crippen LogP contribution < -0.4 is 5.32 Å². The number of carboxylic acid groups (broad SMARTS) is 1. The molecule has 0 spiro atoms. The van der Waals surface area contributed by atoms with Crippen molar-refractivity contribution >= 4 is 51.4 Å². The minimum atomic E-state index is -1.08. The smallest absolute Gasteiger partial charge is 0.339 e. The monoisotopic (exact) mass is 360 g/mol. The number of carboxylic acids is 1. The minimum absolute atomic E-state index is 0.0487. The van der Waals surface area contributed by atoms with Crippen molar-refractivity contribution in [1.29, 1.82) is 0 Å². The molecular weight excluding hydrogens is 347 g/mol. The zero-order valence-corrected chi connectivity index (χ0v) is 14.5. The highest BCUT2D eigenvalue weighted by Crippen LogP contribution is 2.37. The van der Waals surface area contributed by atoms with Crippen LogP contribution in [0.1, 0.15) is 21.5 Å². The number of fused-ring (bicyclic) bond motifs is 1. The van der Waals surface area contributed by atoms with Gasteiger partial charge in [0.05, 0.1) is 16.2 Å². The van der Waals surface area contributed by atoms with Gasteiger partial charge in [0.25, 0.3) is 0 Å². The average Bonchev–Trinajstić information content (AvgIpc) is 2.51. The van der Waals surface area contributed by atoms with Crippen LogP contribution in [0.2, 0.25) is 10.0 Å². The van der Waals surface area contributed by atoms with Gasteiger partial charge in [-0.25, -0.2) is 4.79 Å². The summed E-state index contributed by atoms with van der Waals surface area (Å²) in [5.74, 6) is -1.08. The number of aromatic carboxylic acids is 1. The molecule has 0 saturated carbocycles. The summed E-state index contributed by atoms with van der Waals surface area (Å²) in [6.45, 7) is 3.97. The van der Waals surface area contributed by atoms with Crippen molar-refractivity contribution in [3.8, 4) is 0 Å². The Morgan fingerprint density at radius 1 is 1.21 bits per heavy atom. The van der Waals surface area contributed by atoms with Gasteiger partial charge in [0, 0.05) is 22.3 Å². The summed E-state index contributed by atoms with van der Waals surface area (Å²) >= 11 is 12.3. The molecule has 0 unspecified atom stereocenters. The standard InChI is InChI=1S/C18H14Cl2N2O2/c1-9-4-3-5-14(10(9)2)22-17-12(18(23)24)8-21-15-7-11(19)6-13(20)16(15)17/h3-8H,1-2H3,(H,21,22)(H,23,24). The zero-order valence-electron chi connectivity index (χ0n) is 13.0. The lowest BCUT2D eigenvalue weighted by Gasteiger charge is -2.16. The molecule has 0 saturated heterocycles. The Labute approximate surface area is 149 Å². The Bertz CT molecular complexity index is 971. The normalized spacial score (nSPS) is 10.8. The van der Waals surface area contributed by atoms with E-state index in [0.717, 1.165) is 16.8 Å². The molecule has 0 aliphatic carbocycles. The Hall–Kier alpha value is -2.30. The molecule has 0 radical (unpaired) electrons. The van der Waals surface area contributed by atoms with Crippen LogP contribution in [0.4, 0.5) is 11.4 Å². The molecule has 0 fully saturated rings. The maximum Gasteiger partial charge on any atom is 0.339 e. The number of nitrogens with zero attached hydrogens (tertiary/aromatic N) is 1. The number of anilines is 2. The van der Waals surface area contributed by atoms with E-state index in [0.29, 0.717) is 26.6 Å². The number of aryl methyl sites for hydroxylation is 1. The molecule has 0 amide bonds. The van der Waals surface area contributed by atoms with E-state index in [2.05, 4.69) is 10.3 Å². The number of nitrogens with one attached hydrogen (secondary N) is 1. The summed E-state index contributed by atoms with van der Waals surface area (Å²) in [7, 11) is 0. The summed E-state index contributed by atoms with van der Waals surface area (Å²) in [5, 5.41) is 14.1. The van der Waals surface area contributed by atoms with Crippen LogP contribution in [-0.4, -0.2) is 16.1 Å². The second kappa shape index (κ2) is 6.30. The van der Waals surface area contributed by atoms with Crippen molar-refractivity contribution in [1.82, 2.24) is 4.98 Å². The fourth-order valence-electron chi connectivity index (χ4n) is 2.56. The first-order chi connectivity index (χ1) is 11.4. The van der Waals surface area contributed by atoms with E-state index in [4.69, 9.17) is 23.2 Å². The van der Waals surface area contributed by atoms with Gasteiger partial charge in [-0.2, -0.15) is 0 Å². The lowest BCUT2D eigenvalue weighted by atomic mass is 10.1. The Morgan fingerprint density at radius 3 is 2.67 bits per heavy atom. The van der Waals surface area contributed by atoms with E-state index >= 15 is 0 Å². The summed E-state index contributed by atoms with van der Waals surface area (Å²) in [6.07, 6.45) is 1.31. The minimum Gasteiger partial charge on any atom is -0.478 e. The second-order valence-corrected chi connectivity index (χ2v) is 6.35. The van der Waals surface area contributed by atoms with E-state index in [1.807, 2.05) is 32.0 Å². The van der Waals surface area contributed by atoms with Crippen LogP contribution in [0.15, 0.2) is 36.5 Å². The zero-order chi connectivity index (χ0) is 17.4. The third kappa shape index (κ3) is 2.90. The highest BCUT2D eigenvalue weighted by atomic mass is 35.5. The van der Waals surface area contributed by atoms with Gasteiger partial charge in [-0.05, 0) is 43.2 Å². The topological polar surface area (TPSA) is 62.2 Å². The molecule has 2 aromatic carbocycles. The predicted octanol–water partition coefficient (Wildman–Crippen LogP) is 5.60. The number of pyridine rings is 1. The fourth-order valence-corrected chi connectivity index (χ4v) is 3.13. The fraction of sp³-hybridized carbons (Fsp3) is 0.111. The molecule has 0 aliphatic heterocycles. The van der Waals surface area contributed by atoms with Gasteiger partial charge in [-0.1, -0.05) is 35.3 Å². The van der Waals surface area contributed by atoms with Crippen molar-refractivity contribution in [2.75, 3.05) is 5.32 Å². The molecule has 3 aromatic rings. The SMILES string of the molecule is Cc1cccc(Nc2c(C(=O)O)cnc3cc(Cl)cc(Cl)c23)c1C. The summed E-state index contributed by atoms with van der Waals surface area (Å²) in [6, 6.07) is 9.03. The number of hydrogen-bond acceptors (Lipinski definition) is 3. The Balaban J connectivity index is 2.29. The van der Waals surface area contributed by atoms with Crippen molar-refractivity contribution in [3.05, 3.63) is 63.3 Å². The maximum absolute atomic E-state index is 11.6. The quantitative estimate of drug-likeness (QED) is 0.637. The summed E-state index contributed by atoms with van der Waals surface area (Å²) < 4.78 is 0. The molecule has 1 aromatic heterocycles. The molecule has 24 heavy (non-hydrogen) atoms. The molecular formula is C18H14Cl2N2O2. The summed E-state index contributed by atoms with van der Waals surface area (Å²) in [4.78, 5) is 15.8. The molecule has 0 atom stereocenters. The van der Waals surface area contributed by atoms with Gasteiger partial charge >= 0.3 is 5.97 Å². The first-order valence-corrected chi connectivity index (χ1v) is 7.98. The molecule has 3 rings (SSSR count). The lowest BCUT2D eigenvalue weighted by molar-refractivity contribution is 0.0697. The van der Waals surface area contributed by atoms with E-state index in [1.54, 1.807) is 12.1 Å². The van der Waals surface area contributed by atoms with Gasteiger partial charge in [-0.15, -0.1) is 0 Å². The van der Waals surface area contributed by atoms with Gasteiger partial charge in [-0.3, -0.25) is 4.98 Å². The van der Waals surface area contributed by atoms with E-state index in [1.165, 1.54) is 6.20 Å². The average molecular weight is 361 g/mol. The highest BCUT2D eigenvalue weighted by Gasteiger charge is 2.18. The van der Waals surface area contributed by atoms with Gasteiger partial charge in [0.2, 0.25) is 0 Å².